The fraction of sp³-hybridized carbons (Fsp3) is 0.867. The van der Waals surface area contributed by atoms with E-state index in [1.54, 1.807) is 0 Å². The van der Waals surface area contributed by atoms with E-state index in [0.717, 1.165) is 44.2 Å². The lowest BCUT2D eigenvalue weighted by molar-refractivity contribution is 0.434. The van der Waals surface area contributed by atoms with Crippen molar-refractivity contribution in [2.75, 3.05) is 18.4 Å². The number of aromatic nitrogens is 2. The molecule has 6 heteroatoms. The molecule has 1 fully saturated rings. The van der Waals surface area contributed by atoms with E-state index in [-0.39, 0.29) is 12.4 Å². The average Bonchev–Trinajstić information content (AvgIpc) is 2.74. The number of nitrogens with two attached hydrogens (primary N) is 1. The van der Waals surface area contributed by atoms with Crippen LogP contribution in [0.3, 0.4) is 0 Å². The van der Waals surface area contributed by atoms with Crippen LogP contribution in [0.2, 0.25) is 0 Å². The number of hydrogen-bond acceptors (Lipinski definition) is 5. The Morgan fingerprint density at radius 3 is 2.57 bits per heavy atom. The minimum absolute atomic E-state index is 0. The van der Waals surface area contributed by atoms with Crippen molar-refractivity contribution in [1.82, 2.24) is 10.2 Å². The third-order valence-corrected chi connectivity index (χ3v) is 4.12. The summed E-state index contributed by atoms with van der Waals surface area (Å²) < 4.78 is 5.57. The van der Waals surface area contributed by atoms with E-state index in [2.05, 4.69) is 15.5 Å². The molecule has 1 aromatic heterocycles. The van der Waals surface area contributed by atoms with Crippen molar-refractivity contribution < 1.29 is 4.42 Å². The normalized spacial score (nSPS) is 16.2. The number of anilines is 1. The fourth-order valence-electron chi connectivity index (χ4n) is 2.88. The highest BCUT2D eigenvalue weighted by Crippen LogP contribution is 2.25. The van der Waals surface area contributed by atoms with Crippen LogP contribution >= 0.6 is 12.4 Å². The van der Waals surface area contributed by atoms with Crippen molar-refractivity contribution in [1.29, 1.82) is 0 Å². The third kappa shape index (κ3) is 7.14. The number of aryl methyl sites for hydroxylation is 1. The summed E-state index contributed by atoms with van der Waals surface area (Å²) in [5, 5.41) is 11.3. The molecule has 0 aliphatic heterocycles. The molecule has 0 bridgehead atoms. The van der Waals surface area contributed by atoms with E-state index < -0.39 is 0 Å². The molecular weight excluding hydrogens is 288 g/mol. The Balaban J connectivity index is 0.00000220. The van der Waals surface area contributed by atoms with Crippen LogP contribution in [0.25, 0.3) is 0 Å². The minimum atomic E-state index is 0. The zero-order valence-corrected chi connectivity index (χ0v) is 13.7. The molecule has 1 aliphatic rings. The van der Waals surface area contributed by atoms with Crippen LogP contribution in [-0.4, -0.2) is 23.3 Å². The Bertz CT molecular complexity index is 364. The first-order chi connectivity index (χ1) is 9.88. The highest BCUT2D eigenvalue weighted by molar-refractivity contribution is 5.85. The predicted octanol–water partition coefficient (Wildman–Crippen LogP) is 3.55. The molecule has 2 rings (SSSR count). The Labute approximate surface area is 133 Å². The summed E-state index contributed by atoms with van der Waals surface area (Å²) in [5.41, 5.74) is 5.47. The summed E-state index contributed by atoms with van der Waals surface area (Å²) >= 11 is 0. The van der Waals surface area contributed by atoms with Gasteiger partial charge in [-0.3, -0.25) is 0 Å². The second-order valence-corrected chi connectivity index (χ2v) is 5.82. The monoisotopic (exact) mass is 316 g/mol. The van der Waals surface area contributed by atoms with Crippen LogP contribution in [0.1, 0.15) is 63.7 Å². The summed E-state index contributed by atoms with van der Waals surface area (Å²) in [4.78, 5) is 0. The fourth-order valence-corrected chi connectivity index (χ4v) is 2.88. The molecule has 0 unspecified atom stereocenters. The summed E-state index contributed by atoms with van der Waals surface area (Å²) in [6.45, 7) is 1.66. The molecule has 1 saturated carbocycles. The second kappa shape index (κ2) is 10.9. The highest BCUT2D eigenvalue weighted by Gasteiger charge is 2.12. The maximum absolute atomic E-state index is 5.57. The van der Waals surface area contributed by atoms with Crippen molar-refractivity contribution in [2.24, 2.45) is 11.7 Å². The van der Waals surface area contributed by atoms with Crippen molar-refractivity contribution >= 4 is 18.4 Å². The number of halogens is 1. The highest BCUT2D eigenvalue weighted by atomic mass is 35.5. The first kappa shape index (κ1) is 18.2. The summed E-state index contributed by atoms with van der Waals surface area (Å²) in [5.74, 6) is 1.59. The molecule has 1 aliphatic carbocycles. The molecule has 0 amide bonds. The van der Waals surface area contributed by atoms with Crippen LogP contribution < -0.4 is 11.1 Å². The first-order valence-electron chi connectivity index (χ1n) is 8.15. The average molecular weight is 317 g/mol. The van der Waals surface area contributed by atoms with Crippen LogP contribution in [0.15, 0.2) is 4.42 Å². The van der Waals surface area contributed by atoms with Crippen molar-refractivity contribution in [3.8, 4) is 0 Å². The molecule has 0 spiro atoms. The molecule has 1 aromatic rings. The van der Waals surface area contributed by atoms with Gasteiger partial charge in [-0.1, -0.05) is 43.6 Å². The maximum Gasteiger partial charge on any atom is 0.315 e. The van der Waals surface area contributed by atoms with Crippen molar-refractivity contribution in [3.05, 3.63) is 5.89 Å². The summed E-state index contributed by atoms with van der Waals surface area (Å²) in [6.07, 6.45) is 12.5. The second-order valence-electron chi connectivity index (χ2n) is 5.82. The lowest BCUT2D eigenvalue weighted by Gasteiger charge is -2.13. The Kier molecular flexibility index (Phi) is 9.42. The molecule has 5 nitrogen and oxygen atoms in total. The molecule has 21 heavy (non-hydrogen) atoms. The quantitative estimate of drug-likeness (QED) is 0.566. The SMILES string of the molecule is Cl.NCCCCc1nnc(NCCC2CCCCCC2)o1. The van der Waals surface area contributed by atoms with Gasteiger partial charge in [0.25, 0.3) is 0 Å². The van der Waals surface area contributed by atoms with Gasteiger partial charge in [-0.2, -0.15) is 0 Å². The molecule has 122 valence electrons. The van der Waals surface area contributed by atoms with E-state index in [1.165, 1.54) is 44.9 Å². The minimum Gasteiger partial charge on any atom is -0.408 e. The van der Waals surface area contributed by atoms with Gasteiger partial charge >= 0.3 is 6.01 Å². The molecule has 0 radical (unpaired) electrons. The number of nitrogens with zero attached hydrogens (tertiary/aromatic N) is 2. The van der Waals surface area contributed by atoms with E-state index >= 15 is 0 Å². The van der Waals surface area contributed by atoms with E-state index in [9.17, 15) is 0 Å². The Hall–Kier alpha value is -0.810. The molecule has 0 aromatic carbocycles. The Morgan fingerprint density at radius 1 is 1.10 bits per heavy atom. The third-order valence-electron chi connectivity index (χ3n) is 4.12. The number of nitrogens with one attached hydrogen (secondary N) is 1. The van der Waals surface area contributed by atoms with E-state index in [1.807, 2.05) is 0 Å². The van der Waals surface area contributed by atoms with Gasteiger partial charge in [0.1, 0.15) is 0 Å². The van der Waals surface area contributed by atoms with Gasteiger partial charge in [-0.15, -0.1) is 17.5 Å². The van der Waals surface area contributed by atoms with Crippen LogP contribution in [-0.2, 0) is 6.42 Å². The lowest BCUT2D eigenvalue weighted by atomic mass is 9.97. The van der Waals surface area contributed by atoms with Crippen LogP contribution in [0.5, 0.6) is 0 Å². The topological polar surface area (TPSA) is 77.0 Å². The first-order valence-corrected chi connectivity index (χ1v) is 8.15. The van der Waals surface area contributed by atoms with Crippen molar-refractivity contribution in [3.63, 3.8) is 0 Å². The standard InChI is InChI=1S/C15H28N4O.ClH/c16-11-6-5-9-14-18-19-15(20-14)17-12-10-13-7-3-1-2-4-8-13;/h13H,1-12,16H2,(H,17,19);1H. The number of hydrogen-bond donors (Lipinski definition) is 2. The lowest BCUT2D eigenvalue weighted by Crippen LogP contribution is -2.08. The van der Waals surface area contributed by atoms with Gasteiger partial charge in [-0.05, 0) is 31.7 Å². The molecule has 0 atom stereocenters. The van der Waals surface area contributed by atoms with Crippen LogP contribution in [0, 0.1) is 5.92 Å². The van der Waals surface area contributed by atoms with Gasteiger partial charge in [0, 0.05) is 13.0 Å². The zero-order valence-electron chi connectivity index (χ0n) is 12.9. The predicted molar refractivity (Wildman–Crippen MR) is 87.8 cm³/mol. The largest absolute Gasteiger partial charge is 0.408 e. The molecular formula is C15H29ClN4O. The van der Waals surface area contributed by atoms with Gasteiger partial charge in [0.2, 0.25) is 5.89 Å². The molecule has 1 heterocycles. The summed E-state index contributed by atoms with van der Waals surface area (Å²) in [7, 11) is 0. The van der Waals surface area contributed by atoms with E-state index in [0.29, 0.717) is 6.01 Å². The maximum atomic E-state index is 5.57. The van der Waals surface area contributed by atoms with Gasteiger partial charge in [0.15, 0.2) is 0 Å². The molecule has 3 N–H and O–H groups in total. The van der Waals surface area contributed by atoms with Crippen LogP contribution in [0.4, 0.5) is 6.01 Å². The van der Waals surface area contributed by atoms with Gasteiger partial charge in [-0.25, -0.2) is 0 Å². The van der Waals surface area contributed by atoms with E-state index in [4.69, 9.17) is 10.2 Å². The van der Waals surface area contributed by atoms with Gasteiger partial charge < -0.3 is 15.5 Å². The number of unbranched alkanes of at least 4 members (excludes halogenated alkanes) is 1. The zero-order chi connectivity index (χ0) is 14.0. The summed E-state index contributed by atoms with van der Waals surface area (Å²) in [6, 6.07) is 0.571. The number of rotatable bonds is 8. The van der Waals surface area contributed by atoms with Crippen molar-refractivity contribution in [2.45, 2.75) is 64.2 Å². The Morgan fingerprint density at radius 2 is 1.86 bits per heavy atom. The molecule has 0 saturated heterocycles. The smallest absolute Gasteiger partial charge is 0.315 e. The van der Waals surface area contributed by atoms with Gasteiger partial charge in [0.05, 0.1) is 0 Å².